The Balaban J connectivity index is 2.55. The van der Waals surface area contributed by atoms with Crippen molar-refractivity contribution < 1.29 is 30.1 Å². The van der Waals surface area contributed by atoms with Crippen LogP contribution in [0.4, 0.5) is 10.1 Å². The SMILES string of the molecule is [NH3+]CC[NH2+][C@@H](CC(=O)Nc1cccc(F)c1)C(=O)[O-]. The van der Waals surface area contributed by atoms with Gasteiger partial charge in [0, 0.05) is 5.69 Å². The highest BCUT2D eigenvalue weighted by atomic mass is 19.1. The topological polar surface area (TPSA) is 113 Å². The van der Waals surface area contributed by atoms with Gasteiger partial charge in [0.25, 0.3) is 0 Å². The maximum atomic E-state index is 12.9. The second kappa shape index (κ2) is 7.45. The summed E-state index contributed by atoms with van der Waals surface area (Å²) in [6.45, 7) is 1.04. The first-order chi connectivity index (χ1) is 9.02. The third kappa shape index (κ3) is 5.45. The fourth-order valence-corrected chi connectivity index (χ4v) is 1.56. The molecule has 19 heavy (non-hydrogen) atoms. The molecule has 0 aliphatic rings. The van der Waals surface area contributed by atoms with Gasteiger partial charge in [-0.05, 0) is 18.2 Å². The van der Waals surface area contributed by atoms with Crippen LogP contribution in [0, 0.1) is 5.82 Å². The van der Waals surface area contributed by atoms with Crippen LogP contribution >= 0.6 is 0 Å². The molecular weight excluding hydrogens is 253 g/mol. The van der Waals surface area contributed by atoms with Crippen LogP contribution in [0.5, 0.6) is 0 Å². The predicted molar refractivity (Wildman–Crippen MR) is 63.0 cm³/mol. The van der Waals surface area contributed by atoms with E-state index in [9.17, 15) is 19.1 Å². The molecule has 6 nitrogen and oxygen atoms in total. The van der Waals surface area contributed by atoms with Crippen LogP contribution < -0.4 is 21.5 Å². The van der Waals surface area contributed by atoms with Gasteiger partial charge in [-0.25, -0.2) is 4.39 Å². The Kier molecular flexibility index (Phi) is 5.91. The van der Waals surface area contributed by atoms with Gasteiger partial charge >= 0.3 is 0 Å². The van der Waals surface area contributed by atoms with E-state index in [-0.39, 0.29) is 6.42 Å². The van der Waals surface area contributed by atoms with Crippen molar-refractivity contribution in [2.24, 2.45) is 0 Å². The molecule has 104 valence electrons. The minimum atomic E-state index is -1.30. The highest BCUT2D eigenvalue weighted by Crippen LogP contribution is 2.09. The van der Waals surface area contributed by atoms with Gasteiger partial charge in [0.1, 0.15) is 24.9 Å². The van der Waals surface area contributed by atoms with Gasteiger partial charge in [-0.15, -0.1) is 0 Å². The number of quaternary nitrogens is 2. The van der Waals surface area contributed by atoms with Crippen LogP contribution in [-0.2, 0) is 9.59 Å². The van der Waals surface area contributed by atoms with E-state index in [0.29, 0.717) is 18.8 Å². The Morgan fingerprint density at radius 1 is 1.47 bits per heavy atom. The molecule has 0 radical (unpaired) electrons. The number of nitrogens with one attached hydrogen (secondary N) is 1. The molecule has 0 bridgehead atoms. The fraction of sp³-hybridized carbons (Fsp3) is 0.333. The van der Waals surface area contributed by atoms with Crippen LogP contribution in [-0.4, -0.2) is 31.0 Å². The number of aliphatic carboxylic acids is 1. The summed E-state index contributed by atoms with van der Waals surface area (Å²) in [4.78, 5) is 22.5. The molecule has 0 saturated heterocycles. The Hall–Kier alpha value is -1.99. The van der Waals surface area contributed by atoms with Crippen LogP contribution in [0.15, 0.2) is 24.3 Å². The molecule has 1 atom stereocenters. The predicted octanol–water partition coefficient (Wildman–Crippen LogP) is -2.92. The van der Waals surface area contributed by atoms with Crippen LogP contribution in [0.1, 0.15) is 6.42 Å². The smallest absolute Gasteiger partial charge is 0.230 e. The number of carboxylic acids is 1. The second-order valence-electron chi connectivity index (χ2n) is 4.07. The normalized spacial score (nSPS) is 11.9. The quantitative estimate of drug-likeness (QED) is 0.493. The third-order valence-electron chi connectivity index (χ3n) is 2.47. The molecule has 0 aromatic heterocycles. The zero-order chi connectivity index (χ0) is 14.3. The zero-order valence-electron chi connectivity index (χ0n) is 10.4. The molecule has 0 aliphatic heterocycles. The van der Waals surface area contributed by atoms with Crippen molar-refractivity contribution in [1.29, 1.82) is 0 Å². The van der Waals surface area contributed by atoms with E-state index in [2.05, 4.69) is 11.1 Å². The van der Waals surface area contributed by atoms with Gasteiger partial charge in [0.05, 0.1) is 12.4 Å². The summed E-state index contributed by atoms with van der Waals surface area (Å²) in [5, 5.41) is 14.8. The zero-order valence-corrected chi connectivity index (χ0v) is 10.4. The highest BCUT2D eigenvalue weighted by Gasteiger charge is 2.18. The summed E-state index contributed by atoms with van der Waals surface area (Å²) in [6.07, 6.45) is -0.237. The molecule has 0 aliphatic carbocycles. The maximum absolute atomic E-state index is 12.9. The van der Waals surface area contributed by atoms with E-state index in [1.165, 1.54) is 23.5 Å². The van der Waals surface area contributed by atoms with Crippen molar-refractivity contribution in [2.45, 2.75) is 12.5 Å². The molecule has 0 spiro atoms. The average Bonchev–Trinajstić information content (AvgIpc) is 2.34. The lowest BCUT2D eigenvalue weighted by Crippen LogP contribution is -2.95. The summed E-state index contributed by atoms with van der Waals surface area (Å²) in [6, 6.07) is 4.42. The maximum Gasteiger partial charge on any atom is 0.230 e. The molecule has 1 aromatic carbocycles. The van der Waals surface area contributed by atoms with Gasteiger partial charge in [-0.3, -0.25) is 4.79 Å². The van der Waals surface area contributed by atoms with E-state index in [4.69, 9.17) is 0 Å². The number of nitrogens with two attached hydrogens (primary N) is 1. The van der Waals surface area contributed by atoms with Crippen LogP contribution in [0.25, 0.3) is 0 Å². The molecule has 0 saturated carbocycles. The third-order valence-corrected chi connectivity index (χ3v) is 2.47. The molecule has 6 N–H and O–H groups in total. The van der Waals surface area contributed by atoms with Gasteiger partial charge in [0.15, 0.2) is 0 Å². The van der Waals surface area contributed by atoms with Crippen LogP contribution in [0.2, 0.25) is 0 Å². The second-order valence-corrected chi connectivity index (χ2v) is 4.07. The number of hydrogen-bond donors (Lipinski definition) is 3. The lowest BCUT2D eigenvalue weighted by molar-refractivity contribution is -0.695. The summed E-state index contributed by atoms with van der Waals surface area (Å²) in [5.74, 6) is -2.28. The number of benzene rings is 1. The standard InChI is InChI=1S/C12H16FN3O3/c13-8-2-1-3-9(6-8)16-11(17)7-10(12(18)19)15-5-4-14/h1-3,6,10,15H,4-5,7,14H2,(H,16,17)(H,18,19)/p+1/t10-/m0/s1. The molecular formula is C12H17FN3O3+. The number of halogens is 1. The first-order valence-corrected chi connectivity index (χ1v) is 5.91. The number of carbonyl (C=O) groups is 2. The fourth-order valence-electron chi connectivity index (χ4n) is 1.56. The van der Waals surface area contributed by atoms with E-state index in [1.54, 1.807) is 0 Å². The molecule has 1 amide bonds. The minimum absolute atomic E-state index is 0.237. The van der Waals surface area contributed by atoms with Gasteiger partial charge < -0.3 is 26.3 Å². The summed E-state index contributed by atoms with van der Waals surface area (Å²) < 4.78 is 12.9. The molecule has 0 unspecified atom stereocenters. The number of carboxylic acid groups (broad SMARTS) is 1. The monoisotopic (exact) mass is 270 g/mol. The van der Waals surface area contributed by atoms with Crippen LogP contribution in [0.3, 0.4) is 0 Å². The molecule has 7 heteroatoms. The number of amides is 1. The first kappa shape index (κ1) is 15.1. The van der Waals surface area contributed by atoms with Crippen molar-refractivity contribution in [2.75, 3.05) is 18.4 Å². The van der Waals surface area contributed by atoms with E-state index in [0.717, 1.165) is 6.07 Å². The summed E-state index contributed by atoms with van der Waals surface area (Å²) >= 11 is 0. The van der Waals surface area contributed by atoms with E-state index >= 15 is 0 Å². The molecule has 0 fully saturated rings. The molecule has 1 aromatic rings. The van der Waals surface area contributed by atoms with Crippen molar-refractivity contribution in [1.82, 2.24) is 0 Å². The van der Waals surface area contributed by atoms with E-state index in [1.807, 2.05) is 0 Å². The minimum Gasteiger partial charge on any atom is -0.544 e. The number of carbonyl (C=O) groups excluding carboxylic acids is 2. The number of hydrogen-bond acceptors (Lipinski definition) is 3. The first-order valence-electron chi connectivity index (χ1n) is 5.91. The van der Waals surface area contributed by atoms with Gasteiger partial charge in [-0.2, -0.15) is 0 Å². The van der Waals surface area contributed by atoms with Crippen molar-refractivity contribution in [3.05, 3.63) is 30.1 Å². The largest absolute Gasteiger partial charge is 0.544 e. The highest BCUT2D eigenvalue weighted by molar-refractivity contribution is 5.93. The molecule has 1 rings (SSSR count). The lowest BCUT2D eigenvalue weighted by atomic mass is 10.2. The van der Waals surface area contributed by atoms with Crippen molar-refractivity contribution in [3.8, 4) is 0 Å². The molecule has 0 heterocycles. The Morgan fingerprint density at radius 3 is 2.79 bits per heavy atom. The summed E-state index contributed by atoms with van der Waals surface area (Å²) in [5.41, 5.74) is 3.88. The average molecular weight is 270 g/mol. The summed E-state index contributed by atoms with van der Waals surface area (Å²) in [7, 11) is 0. The number of anilines is 1. The van der Waals surface area contributed by atoms with Crippen molar-refractivity contribution >= 4 is 17.6 Å². The Bertz CT molecular complexity index is 454. The Labute approximate surface area is 109 Å². The lowest BCUT2D eigenvalue weighted by Gasteiger charge is -2.15. The van der Waals surface area contributed by atoms with E-state index < -0.39 is 23.7 Å². The van der Waals surface area contributed by atoms with Gasteiger partial charge in [0.2, 0.25) is 5.91 Å². The van der Waals surface area contributed by atoms with Crippen molar-refractivity contribution in [3.63, 3.8) is 0 Å². The van der Waals surface area contributed by atoms with Gasteiger partial charge in [-0.1, -0.05) is 6.07 Å². The Morgan fingerprint density at radius 2 is 2.21 bits per heavy atom. The number of rotatable bonds is 7.